The Morgan fingerprint density at radius 3 is 2.73 bits per heavy atom. The van der Waals surface area contributed by atoms with Crippen molar-refractivity contribution in [3.8, 4) is 17.2 Å². The molecule has 1 aromatic heterocycles. The number of rotatable bonds is 7. The second-order valence-corrected chi connectivity index (χ2v) is 8.29. The Kier molecular flexibility index (Phi) is 5.59. The van der Waals surface area contributed by atoms with Crippen LogP contribution in [0, 0.1) is 0 Å². The molecule has 9 heteroatoms. The molecular weight excluding hydrogens is 356 g/mol. The van der Waals surface area contributed by atoms with Crippen LogP contribution in [0.4, 0.5) is 0 Å². The van der Waals surface area contributed by atoms with E-state index in [4.69, 9.17) is 9.26 Å². The van der Waals surface area contributed by atoms with Crippen molar-refractivity contribution in [2.45, 2.75) is 37.1 Å². The Bertz CT molecular complexity index is 859. The minimum absolute atomic E-state index is 0.128. The second kappa shape index (κ2) is 7.73. The van der Waals surface area contributed by atoms with Crippen LogP contribution < -0.4 is 10.1 Å². The molecule has 1 N–H and O–H groups in total. The maximum atomic E-state index is 13.0. The van der Waals surface area contributed by atoms with Gasteiger partial charge in [-0.25, -0.2) is 8.42 Å². The average molecular weight is 380 g/mol. The molecule has 0 saturated carbocycles. The molecule has 0 bridgehead atoms. The Balaban J connectivity index is 1.95. The minimum Gasteiger partial charge on any atom is -0.495 e. The van der Waals surface area contributed by atoms with Crippen LogP contribution in [-0.2, 0) is 16.4 Å². The fourth-order valence-corrected chi connectivity index (χ4v) is 4.61. The molecule has 1 atom stereocenters. The quantitative estimate of drug-likeness (QED) is 0.780. The van der Waals surface area contributed by atoms with Gasteiger partial charge in [-0.1, -0.05) is 5.16 Å². The number of methoxy groups -OCH3 is 1. The molecule has 8 nitrogen and oxygen atoms in total. The largest absolute Gasteiger partial charge is 0.495 e. The van der Waals surface area contributed by atoms with Gasteiger partial charge in [0.25, 0.3) is 5.89 Å². The molecule has 0 amide bonds. The zero-order valence-electron chi connectivity index (χ0n) is 15.2. The smallest absolute Gasteiger partial charge is 0.257 e. The summed E-state index contributed by atoms with van der Waals surface area (Å²) in [6.07, 6.45) is 2.37. The van der Waals surface area contributed by atoms with Gasteiger partial charge >= 0.3 is 0 Å². The highest BCUT2D eigenvalue weighted by Gasteiger charge is 2.30. The molecule has 26 heavy (non-hydrogen) atoms. The first-order valence-electron chi connectivity index (χ1n) is 8.64. The summed E-state index contributed by atoms with van der Waals surface area (Å²) in [5, 5.41) is 7.09. The van der Waals surface area contributed by atoms with Crippen LogP contribution in [0.25, 0.3) is 11.5 Å². The lowest BCUT2D eigenvalue weighted by Crippen LogP contribution is -2.28. The van der Waals surface area contributed by atoms with Crippen molar-refractivity contribution in [2.75, 3.05) is 27.2 Å². The molecule has 3 rings (SSSR count). The number of hydrogen-bond acceptors (Lipinski definition) is 7. The van der Waals surface area contributed by atoms with E-state index in [1.165, 1.54) is 11.4 Å². The molecule has 1 fully saturated rings. The number of nitrogens with one attached hydrogen (secondary N) is 1. The minimum atomic E-state index is -3.62. The average Bonchev–Trinajstić information content (AvgIpc) is 3.33. The van der Waals surface area contributed by atoms with Crippen molar-refractivity contribution in [1.29, 1.82) is 0 Å². The van der Waals surface area contributed by atoms with Crippen molar-refractivity contribution in [2.24, 2.45) is 0 Å². The maximum absolute atomic E-state index is 13.0. The number of hydrogen-bond donors (Lipinski definition) is 1. The van der Waals surface area contributed by atoms with E-state index in [9.17, 15) is 8.42 Å². The molecule has 0 aliphatic carbocycles. The molecule has 1 saturated heterocycles. The van der Waals surface area contributed by atoms with E-state index in [1.807, 2.05) is 14.0 Å². The van der Waals surface area contributed by atoms with E-state index >= 15 is 0 Å². The molecule has 0 spiro atoms. The van der Waals surface area contributed by atoms with Crippen LogP contribution in [0.15, 0.2) is 27.6 Å². The summed E-state index contributed by atoms with van der Waals surface area (Å²) in [5.41, 5.74) is 0.555. The van der Waals surface area contributed by atoms with E-state index in [2.05, 4.69) is 15.5 Å². The Hall–Kier alpha value is -1.97. The van der Waals surface area contributed by atoms with Crippen LogP contribution in [-0.4, -0.2) is 56.2 Å². The third-order valence-corrected chi connectivity index (χ3v) is 6.46. The number of sulfonamides is 1. The topological polar surface area (TPSA) is 97.6 Å². The lowest BCUT2D eigenvalue weighted by atomic mass is 10.2. The maximum Gasteiger partial charge on any atom is 0.257 e. The van der Waals surface area contributed by atoms with Gasteiger partial charge in [-0.15, -0.1) is 0 Å². The van der Waals surface area contributed by atoms with Crippen LogP contribution in [0.5, 0.6) is 5.75 Å². The highest BCUT2D eigenvalue weighted by Crippen LogP contribution is 2.32. The summed E-state index contributed by atoms with van der Waals surface area (Å²) >= 11 is 0. The van der Waals surface area contributed by atoms with Crippen LogP contribution in [0.1, 0.15) is 25.6 Å². The molecular formula is C17H24N4O4S. The molecule has 0 radical (unpaired) electrons. The number of benzene rings is 1. The summed E-state index contributed by atoms with van der Waals surface area (Å²) < 4.78 is 38.0. The fraction of sp³-hybridized carbons (Fsp3) is 0.529. The zero-order valence-corrected chi connectivity index (χ0v) is 16.0. The van der Waals surface area contributed by atoms with Gasteiger partial charge in [-0.2, -0.15) is 9.29 Å². The fourth-order valence-electron chi connectivity index (χ4n) is 2.91. The molecule has 142 valence electrons. The third-order valence-electron chi connectivity index (χ3n) is 4.54. The lowest BCUT2D eigenvalue weighted by Gasteiger charge is -2.17. The third kappa shape index (κ3) is 3.74. The monoisotopic (exact) mass is 380 g/mol. The number of likely N-dealkylation sites (N-methyl/N-ethyl adjacent to an activating group) is 1. The van der Waals surface area contributed by atoms with Gasteiger partial charge in [0.2, 0.25) is 10.0 Å². The van der Waals surface area contributed by atoms with Crippen LogP contribution in [0.2, 0.25) is 0 Å². The first kappa shape index (κ1) is 18.8. The van der Waals surface area contributed by atoms with E-state index < -0.39 is 10.0 Å². The molecule has 1 aliphatic rings. The zero-order chi connectivity index (χ0) is 18.7. The van der Waals surface area contributed by atoms with Gasteiger partial charge < -0.3 is 14.6 Å². The van der Waals surface area contributed by atoms with Gasteiger partial charge in [0, 0.05) is 31.1 Å². The summed E-state index contributed by atoms with van der Waals surface area (Å²) in [7, 11) is -0.294. The van der Waals surface area contributed by atoms with Crippen molar-refractivity contribution in [1.82, 2.24) is 19.8 Å². The SMILES string of the molecule is CNC(C)Cc1noc(-c2ccc(OC)c(S(=O)(=O)N3CCCC3)c2)n1. The van der Waals surface area contributed by atoms with Crippen LogP contribution in [0.3, 0.4) is 0 Å². The van der Waals surface area contributed by atoms with Gasteiger partial charge in [0.1, 0.15) is 10.6 Å². The standard InChI is InChI=1S/C17H24N4O4S/c1-12(18-2)10-16-19-17(25-20-16)13-6-7-14(24-3)15(11-13)26(22,23)21-8-4-5-9-21/h6-7,11-12,18H,4-5,8-10H2,1-3H3. The molecule has 1 aliphatic heterocycles. The number of ether oxygens (including phenoxy) is 1. The Morgan fingerprint density at radius 2 is 2.08 bits per heavy atom. The first-order chi connectivity index (χ1) is 12.5. The van der Waals surface area contributed by atoms with Gasteiger partial charge in [0.05, 0.1) is 7.11 Å². The molecule has 2 heterocycles. The molecule has 1 aromatic carbocycles. The van der Waals surface area contributed by atoms with Gasteiger partial charge in [0.15, 0.2) is 5.82 Å². The van der Waals surface area contributed by atoms with Gasteiger partial charge in [-0.3, -0.25) is 0 Å². The second-order valence-electron chi connectivity index (χ2n) is 6.39. The Morgan fingerprint density at radius 1 is 1.35 bits per heavy atom. The Labute approximate surface area is 153 Å². The normalized spacial score (nSPS) is 16.7. The predicted octanol–water partition coefficient (Wildman–Crippen LogP) is 1.68. The van der Waals surface area contributed by atoms with Crippen molar-refractivity contribution in [3.05, 3.63) is 24.0 Å². The number of aromatic nitrogens is 2. The van der Waals surface area contributed by atoms with Crippen LogP contribution >= 0.6 is 0 Å². The number of nitrogens with zero attached hydrogens (tertiary/aromatic N) is 3. The summed E-state index contributed by atoms with van der Waals surface area (Å²) in [6.45, 7) is 3.08. The van der Waals surface area contributed by atoms with E-state index in [1.54, 1.807) is 18.2 Å². The van der Waals surface area contributed by atoms with E-state index in [0.29, 0.717) is 42.5 Å². The molecule has 2 aromatic rings. The summed E-state index contributed by atoms with van der Waals surface area (Å²) in [6, 6.07) is 5.10. The van der Waals surface area contributed by atoms with E-state index in [0.717, 1.165) is 12.8 Å². The van der Waals surface area contributed by atoms with Crippen molar-refractivity contribution in [3.63, 3.8) is 0 Å². The highest BCUT2D eigenvalue weighted by molar-refractivity contribution is 7.89. The predicted molar refractivity (Wildman–Crippen MR) is 96.5 cm³/mol. The highest BCUT2D eigenvalue weighted by atomic mass is 32.2. The van der Waals surface area contributed by atoms with E-state index in [-0.39, 0.29) is 10.9 Å². The summed E-state index contributed by atoms with van der Waals surface area (Å²) in [4.78, 5) is 4.51. The first-order valence-corrected chi connectivity index (χ1v) is 10.1. The van der Waals surface area contributed by atoms with Crippen molar-refractivity contribution < 1.29 is 17.7 Å². The summed E-state index contributed by atoms with van der Waals surface area (Å²) in [5.74, 6) is 1.18. The lowest BCUT2D eigenvalue weighted by molar-refractivity contribution is 0.397. The molecule has 1 unspecified atom stereocenters. The van der Waals surface area contributed by atoms with Gasteiger partial charge in [-0.05, 0) is 45.0 Å². The van der Waals surface area contributed by atoms with Crippen molar-refractivity contribution >= 4 is 10.0 Å².